The molecule has 1 aromatic heterocycles. The number of anilines is 2. The quantitative estimate of drug-likeness (QED) is 0.407. The first-order valence-corrected chi connectivity index (χ1v) is 13.2. The van der Waals surface area contributed by atoms with E-state index in [0.717, 1.165) is 42.7 Å². The van der Waals surface area contributed by atoms with Crippen LogP contribution in [0.4, 0.5) is 11.9 Å². The van der Waals surface area contributed by atoms with Gasteiger partial charge in [-0.15, -0.1) is 0 Å². The number of ketones is 1. The van der Waals surface area contributed by atoms with Crippen LogP contribution in [0.3, 0.4) is 0 Å². The number of carbonyl (C=O) groups excluding carboxylic acids is 2. The summed E-state index contributed by atoms with van der Waals surface area (Å²) < 4.78 is 5.47. The Morgan fingerprint density at radius 1 is 1.21 bits per heavy atom. The van der Waals surface area contributed by atoms with Crippen LogP contribution in [0.1, 0.15) is 55.7 Å². The van der Waals surface area contributed by atoms with Gasteiger partial charge < -0.3 is 20.3 Å². The van der Waals surface area contributed by atoms with E-state index in [1.54, 1.807) is 17.3 Å². The average molecular weight is 520 g/mol. The van der Waals surface area contributed by atoms with E-state index >= 15 is 0 Å². The van der Waals surface area contributed by atoms with Gasteiger partial charge in [-0.1, -0.05) is 44.7 Å². The molecule has 0 unspecified atom stereocenters. The number of likely N-dealkylation sites (tertiary alicyclic amines) is 1. The van der Waals surface area contributed by atoms with Crippen molar-refractivity contribution in [2.24, 2.45) is 0 Å². The number of nitrogens with one attached hydrogen (secondary N) is 3. The Hall–Kier alpha value is -3.79. The van der Waals surface area contributed by atoms with Crippen molar-refractivity contribution in [1.82, 2.24) is 25.1 Å². The molecule has 2 aromatic rings. The number of nitrogens with zero attached hydrogens (tertiary/aromatic N) is 4. The third-order valence-corrected chi connectivity index (χ3v) is 6.84. The monoisotopic (exact) mass is 519 g/mol. The van der Waals surface area contributed by atoms with Crippen molar-refractivity contribution < 1.29 is 14.3 Å². The lowest BCUT2D eigenvalue weighted by Gasteiger charge is -2.39. The number of H-pyrrole nitrogens is 1. The number of Topliss-reactive ketones (excluding diaryl/α,β-unsaturated/α-hetero) is 1. The van der Waals surface area contributed by atoms with Crippen molar-refractivity contribution in [2.45, 2.75) is 64.1 Å². The zero-order chi connectivity index (χ0) is 26.9. The Morgan fingerprint density at radius 2 is 2.00 bits per heavy atom. The second kappa shape index (κ2) is 13.1. The zero-order valence-corrected chi connectivity index (χ0v) is 22.2. The van der Waals surface area contributed by atoms with Crippen LogP contribution in [-0.4, -0.2) is 68.6 Å². The Morgan fingerprint density at radius 3 is 2.71 bits per heavy atom. The first-order chi connectivity index (χ1) is 18.4. The molecule has 1 aromatic carbocycles. The molecule has 0 radical (unpaired) electrons. The summed E-state index contributed by atoms with van der Waals surface area (Å²) in [5.41, 5.74) is 2.88. The Bertz CT molecular complexity index is 1190. The highest BCUT2D eigenvalue weighted by Gasteiger charge is 2.35. The molecule has 202 valence electrons. The van der Waals surface area contributed by atoms with Crippen molar-refractivity contribution >= 4 is 23.6 Å². The fraction of sp³-hybridized carbons (Fsp3) is 0.464. The summed E-state index contributed by atoms with van der Waals surface area (Å²) in [6, 6.07) is 7.74. The summed E-state index contributed by atoms with van der Waals surface area (Å²) in [6.45, 7) is 10.2. The van der Waals surface area contributed by atoms with E-state index in [2.05, 4.69) is 51.2 Å². The minimum atomic E-state index is -0.358. The Labute approximate surface area is 223 Å². The first kappa shape index (κ1) is 27.3. The van der Waals surface area contributed by atoms with E-state index < -0.39 is 0 Å². The molecule has 2 fully saturated rings. The van der Waals surface area contributed by atoms with Gasteiger partial charge in [-0.25, -0.2) is 10.1 Å². The number of benzene rings is 1. The van der Waals surface area contributed by atoms with E-state index in [-0.39, 0.29) is 36.1 Å². The fourth-order valence-electron chi connectivity index (χ4n) is 4.43. The van der Waals surface area contributed by atoms with Crippen LogP contribution in [0.5, 0.6) is 0 Å². The minimum absolute atomic E-state index is 0.0432. The molecule has 0 bridgehead atoms. The molecule has 1 amide bonds. The van der Waals surface area contributed by atoms with Crippen LogP contribution in [0, 0.1) is 0 Å². The number of hydrogen-bond acceptors (Lipinski definition) is 8. The summed E-state index contributed by atoms with van der Waals surface area (Å²) in [7, 11) is 0. The smallest absolute Gasteiger partial charge is 0.246 e. The largest absolute Gasteiger partial charge is 0.381 e. The van der Waals surface area contributed by atoms with Crippen LogP contribution in [0.25, 0.3) is 0 Å². The van der Waals surface area contributed by atoms with E-state index in [9.17, 15) is 9.59 Å². The molecule has 2 aliphatic rings. The molecule has 3 heterocycles. The van der Waals surface area contributed by atoms with Crippen LogP contribution in [-0.2, 0) is 27.3 Å². The van der Waals surface area contributed by atoms with E-state index in [1.807, 2.05) is 24.3 Å². The molecule has 1 atom stereocenters. The molecule has 0 spiro atoms. The number of amides is 1. The predicted molar refractivity (Wildman–Crippen MR) is 146 cm³/mol. The summed E-state index contributed by atoms with van der Waals surface area (Å²) >= 11 is 0. The van der Waals surface area contributed by atoms with Crippen molar-refractivity contribution in [1.29, 1.82) is 0 Å². The van der Waals surface area contributed by atoms with Crippen LogP contribution in [0.15, 0.2) is 49.3 Å². The SMILES string of the molecule is C=CC(=O)N1CC[C@H]1C(=O)Cc1cccc(CNc2nc(NC3CCOCC3)ncc(C(C)C)cn[nH]2)c1. The molecule has 0 aliphatic carbocycles. The van der Waals surface area contributed by atoms with Crippen LogP contribution < -0.4 is 10.6 Å². The molecule has 10 heteroatoms. The van der Waals surface area contributed by atoms with Crippen LogP contribution >= 0.6 is 0 Å². The van der Waals surface area contributed by atoms with Crippen molar-refractivity contribution in [2.75, 3.05) is 30.4 Å². The average Bonchev–Trinajstić information content (AvgIpc) is 2.98. The maximum absolute atomic E-state index is 12.8. The van der Waals surface area contributed by atoms with Gasteiger partial charge in [0.15, 0.2) is 5.78 Å². The van der Waals surface area contributed by atoms with Crippen molar-refractivity contribution in [3.63, 3.8) is 0 Å². The summed E-state index contributed by atoms with van der Waals surface area (Å²) in [6.07, 6.45) is 7.59. The van der Waals surface area contributed by atoms with Gasteiger partial charge in [0.05, 0.1) is 12.2 Å². The zero-order valence-electron chi connectivity index (χ0n) is 22.2. The van der Waals surface area contributed by atoms with E-state index in [0.29, 0.717) is 31.4 Å². The Kier molecular flexibility index (Phi) is 9.42. The highest BCUT2D eigenvalue weighted by molar-refractivity contribution is 5.95. The molecule has 38 heavy (non-hydrogen) atoms. The van der Waals surface area contributed by atoms with Gasteiger partial charge in [-0.05, 0) is 47.9 Å². The topological polar surface area (TPSA) is 125 Å². The molecule has 0 saturated carbocycles. The van der Waals surface area contributed by atoms with Gasteiger partial charge in [0.2, 0.25) is 17.8 Å². The number of rotatable bonds is 10. The highest BCUT2D eigenvalue weighted by atomic mass is 16.5. The lowest BCUT2D eigenvalue weighted by atomic mass is 9.93. The molecule has 4 rings (SSSR count). The van der Waals surface area contributed by atoms with E-state index in [1.165, 1.54) is 6.08 Å². The number of hydrogen-bond donors (Lipinski definition) is 3. The third kappa shape index (κ3) is 7.38. The lowest BCUT2D eigenvalue weighted by molar-refractivity contribution is -0.142. The lowest BCUT2D eigenvalue weighted by Crippen LogP contribution is -2.55. The third-order valence-electron chi connectivity index (χ3n) is 6.84. The molecule has 10 nitrogen and oxygen atoms in total. The van der Waals surface area contributed by atoms with Gasteiger partial charge in [-0.2, -0.15) is 10.1 Å². The summed E-state index contributed by atoms with van der Waals surface area (Å²) in [5, 5.41) is 14.1. The molecular weight excluding hydrogens is 482 g/mol. The van der Waals surface area contributed by atoms with Gasteiger partial charge in [0.25, 0.3) is 0 Å². The molecule has 2 aliphatic heterocycles. The first-order valence-electron chi connectivity index (χ1n) is 13.2. The second-order valence-electron chi connectivity index (χ2n) is 9.95. The second-order valence-corrected chi connectivity index (χ2v) is 9.95. The van der Waals surface area contributed by atoms with Crippen LogP contribution in [0.2, 0.25) is 0 Å². The minimum Gasteiger partial charge on any atom is -0.381 e. The molecular formula is C28H37N7O3. The predicted octanol–water partition coefficient (Wildman–Crippen LogP) is 3.55. The van der Waals surface area contributed by atoms with Gasteiger partial charge in [-0.3, -0.25) is 9.59 Å². The standard InChI is InChI=1S/C28H37N7O3/c1-4-26(37)35-11-8-24(35)25(36)15-20-6-5-7-21(14-20)16-29-28-33-27(32-23-9-12-38-13-10-23)30-17-22(19(2)3)18-31-34-28/h4-7,14,17-19,23-24H,1,8-13,15-16H2,2-3H3,(H3,29,30,32,33,34)/t24-/m0/s1. The Balaban J connectivity index is 1.46. The van der Waals surface area contributed by atoms with Crippen molar-refractivity contribution in [3.8, 4) is 0 Å². The van der Waals surface area contributed by atoms with Crippen molar-refractivity contribution in [3.05, 3.63) is 66.0 Å². The van der Waals surface area contributed by atoms with Gasteiger partial charge in [0.1, 0.15) is 0 Å². The number of carbonyl (C=O) groups is 2. The fourth-order valence-corrected chi connectivity index (χ4v) is 4.43. The summed E-state index contributed by atoms with van der Waals surface area (Å²) in [5.74, 6) is 1.09. The molecule has 2 saturated heterocycles. The normalized spacial score (nSPS) is 17.3. The number of aromatic nitrogens is 4. The maximum atomic E-state index is 12.8. The van der Waals surface area contributed by atoms with Gasteiger partial charge >= 0.3 is 0 Å². The van der Waals surface area contributed by atoms with E-state index in [4.69, 9.17) is 4.74 Å². The molecule has 3 N–H and O–H groups in total. The highest BCUT2D eigenvalue weighted by Crippen LogP contribution is 2.21. The maximum Gasteiger partial charge on any atom is 0.246 e. The number of aromatic amines is 1. The summed E-state index contributed by atoms with van der Waals surface area (Å²) in [4.78, 5) is 35.6. The van der Waals surface area contributed by atoms with Gasteiger partial charge in [0, 0.05) is 45.0 Å². The number of ether oxygens (including phenoxy) is 1.